The Balaban J connectivity index is 1.27. The first-order valence-corrected chi connectivity index (χ1v) is 17.1. The van der Waals surface area contributed by atoms with E-state index in [1.54, 1.807) is 13.2 Å². The predicted octanol–water partition coefficient (Wildman–Crippen LogP) is 4.57. The Morgan fingerprint density at radius 3 is 2.51 bits per heavy atom. The molecule has 7 rings (SSSR count). The lowest BCUT2D eigenvalue weighted by molar-refractivity contribution is -0.323. The van der Waals surface area contributed by atoms with Crippen molar-refractivity contribution in [3.05, 3.63) is 84.6 Å². The fraction of sp³-hybridized carbons (Fsp3) is 0.294. The van der Waals surface area contributed by atoms with E-state index in [1.165, 1.54) is 10.2 Å². The molecular formula is C34H37N8O2S+. The Hall–Kier alpha value is -4.61. The number of pyridine rings is 2. The van der Waals surface area contributed by atoms with Crippen LogP contribution in [-0.4, -0.2) is 64.5 Å². The van der Waals surface area contributed by atoms with Crippen LogP contribution < -0.4 is 16.4 Å². The second kappa shape index (κ2) is 11.1. The van der Waals surface area contributed by atoms with Gasteiger partial charge >= 0.3 is 10.0 Å². The van der Waals surface area contributed by atoms with Crippen molar-refractivity contribution < 1.29 is 12.4 Å². The van der Waals surface area contributed by atoms with Crippen LogP contribution in [0.25, 0.3) is 39.5 Å². The molecule has 2 aliphatic rings. The van der Waals surface area contributed by atoms with Crippen LogP contribution in [0, 0.1) is 5.92 Å². The second-order valence-corrected chi connectivity index (χ2v) is 14.3. The summed E-state index contributed by atoms with van der Waals surface area (Å²) in [5.41, 5.74) is 19.9. The highest BCUT2D eigenvalue weighted by Crippen LogP contribution is 2.39. The van der Waals surface area contributed by atoms with Crippen LogP contribution in [0.4, 0.5) is 11.5 Å². The summed E-state index contributed by atoms with van der Waals surface area (Å²) in [7, 11) is -1.66. The normalized spacial score (nSPS) is 18.3. The van der Waals surface area contributed by atoms with Gasteiger partial charge in [0, 0.05) is 41.8 Å². The fourth-order valence-corrected chi connectivity index (χ4v) is 6.74. The van der Waals surface area contributed by atoms with Gasteiger partial charge in [0.2, 0.25) is 0 Å². The van der Waals surface area contributed by atoms with Gasteiger partial charge in [-0.05, 0) is 79.8 Å². The van der Waals surface area contributed by atoms with Gasteiger partial charge in [0.25, 0.3) is 0 Å². The van der Waals surface area contributed by atoms with E-state index in [1.807, 2.05) is 41.1 Å². The number of benzene rings is 2. The van der Waals surface area contributed by atoms with Crippen LogP contribution >= 0.6 is 0 Å². The molecule has 0 amide bonds. The molecule has 1 saturated carbocycles. The lowest BCUT2D eigenvalue weighted by Gasteiger charge is -2.38. The van der Waals surface area contributed by atoms with Crippen LogP contribution in [0.3, 0.4) is 0 Å². The molecule has 5 aromatic rings. The van der Waals surface area contributed by atoms with Crippen molar-refractivity contribution in [2.24, 2.45) is 11.7 Å². The van der Waals surface area contributed by atoms with E-state index in [4.69, 9.17) is 21.4 Å². The third kappa shape index (κ3) is 5.46. The van der Waals surface area contributed by atoms with Gasteiger partial charge in [-0.1, -0.05) is 24.3 Å². The first-order valence-electron chi connectivity index (χ1n) is 15.2. The van der Waals surface area contributed by atoms with Crippen LogP contribution in [0.15, 0.2) is 79.0 Å². The zero-order chi connectivity index (χ0) is 31.3. The van der Waals surface area contributed by atoms with E-state index in [0.29, 0.717) is 11.6 Å². The molecule has 2 fully saturated rings. The van der Waals surface area contributed by atoms with Gasteiger partial charge in [-0.25, -0.2) is 15.0 Å². The van der Waals surface area contributed by atoms with Crippen LogP contribution in [-0.2, 0) is 15.6 Å². The Labute approximate surface area is 263 Å². The number of sulfonamides is 1. The molecule has 4 heterocycles. The minimum atomic E-state index is -3.25. The fourth-order valence-electron chi connectivity index (χ4n) is 6.35. The van der Waals surface area contributed by atoms with Crippen molar-refractivity contribution in [3.8, 4) is 28.3 Å². The van der Waals surface area contributed by atoms with Crippen molar-refractivity contribution in [2.45, 2.75) is 31.2 Å². The molecule has 1 saturated heterocycles. The summed E-state index contributed by atoms with van der Waals surface area (Å²) in [5.74, 6) is 1.23. The molecule has 0 bridgehead atoms. The zero-order valence-electron chi connectivity index (χ0n) is 25.5. The quantitative estimate of drug-likeness (QED) is 0.199. The van der Waals surface area contributed by atoms with Crippen molar-refractivity contribution in [2.75, 3.05) is 37.0 Å². The Bertz CT molecular complexity index is 2050. The minimum absolute atomic E-state index is 0.153. The number of aromatic nitrogens is 4. The van der Waals surface area contributed by atoms with Gasteiger partial charge in [0.15, 0.2) is 24.7 Å². The summed E-state index contributed by atoms with van der Waals surface area (Å²) in [6.07, 6.45) is 8.75. The minimum Gasteiger partial charge on any atom is -0.383 e. The number of rotatable bonds is 7. The molecule has 0 spiro atoms. The summed E-state index contributed by atoms with van der Waals surface area (Å²) in [6.45, 7) is 1.59. The van der Waals surface area contributed by atoms with Gasteiger partial charge in [0.05, 0.1) is 23.4 Å². The van der Waals surface area contributed by atoms with Crippen LogP contribution in [0.1, 0.15) is 31.2 Å². The molecule has 4 N–H and O–H groups in total. The maximum atomic E-state index is 11.9. The standard InChI is InChI=1S/C34H37N8O2S/c1-40(45(2,43)44)21-23-15-19-41(22-23)27-7-3-6-24(20-27)29-13-14-30-33(38-29)42(32(39-30)28-8-4-18-37-31(28)35)26-11-9-25(10-12-26)34(36)16-5-17-34/h3-4,6-14,18,20-21,23H,5,15-17,19,22,36H2,1-2H3,(H2,35,37)/q+1/b40-21-. The van der Waals surface area contributed by atoms with E-state index >= 15 is 0 Å². The lowest BCUT2D eigenvalue weighted by Crippen LogP contribution is -2.43. The van der Waals surface area contributed by atoms with Crippen LogP contribution in [0.5, 0.6) is 0 Å². The van der Waals surface area contributed by atoms with E-state index in [-0.39, 0.29) is 11.5 Å². The summed E-state index contributed by atoms with van der Waals surface area (Å²) < 4.78 is 27.2. The molecule has 10 nitrogen and oxygen atoms in total. The maximum Gasteiger partial charge on any atom is 0.361 e. The molecule has 3 aromatic heterocycles. The largest absolute Gasteiger partial charge is 0.383 e. The number of anilines is 2. The summed E-state index contributed by atoms with van der Waals surface area (Å²) >= 11 is 0. The number of fused-ring (bicyclic) bond motifs is 1. The molecule has 1 atom stereocenters. The summed E-state index contributed by atoms with van der Waals surface area (Å²) in [4.78, 5) is 16.8. The number of nitrogens with two attached hydrogens (primary N) is 2. The maximum absolute atomic E-state index is 11.9. The molecule has 1 aliphatic heterocycles. The first-order chi connectivity index (χ1) is 21.6. The third-order valence-electron chi connectivity index (χ3n) is 9.21. The molecular weight excluding hydrogens is 584 g/mol. The SMILES string of the molecule is C/[N+](=C/C1CCN(c2cccc(-c3ccc4nc(-c5cccnc5N)n(-c5ccc(C6(N)CCC6)cc5)c4n3)c2)C1)S(C)(=O)=O. The number of nitrogens with zero attached hydrogens (tertiary/aromatic N) is 6. The average molecular weight is 622 g/mol. The van der Waals surface area contributed by atoms with E-state index in [9.17, 15) is 8.42 Å². The predicted molar refractivity (Wildman–Crippen MR) is 179 cm³/mol. The van der Waals surface area contributed by atoms with Gasteiger partial charge < -0.3 is 16.4 Å². The molecule has 230 valence electrons. The number of hydrogen-bond donors (Lipinski definition) is 2. The van der Waals surface area contributed by atoms with Gasteiger partial charge in [-0.2, -0.15) is 8.42 Å². The number of nitrogen functional groups attached to an aromatic ring is 1. The van der Waals surface area contributed by atoms with Crippen LogP contribution in [0.2, 0.25) is 0 Å². The highest BCUT2D eigenvalue weighted by atomic mass is 32.2. The van der Waals surface area contributed by atoms with Crippen molar-refractivity contribution in [3.63, 3.8) is 0 Å². The van der Waals surface area contributed by atoms with E-state index in [2.05, 4.69) is 52.3 Å². The Morgan fingerprint density at radius 2 is 1.80 bits per heavy atom. The molecule has 0 radical (unpaired) electrons. The molecule has 11 heteroatoms. The second-order valence-electron chi connectivity index (χ2n) is 12.3. The highest BCUT2D eigenvalue weighted by molar-refractivity contribution is 7.84. The third-order valence-corrected chi connectivity index (χ3v) is 10.4. The topological polar surface area (TPSA) is 136 Å². The summed E-state index contributed by atoms with van der Waals surface area (Å²) in [5, 5.41) is 0. The average Bonchev–Trinajstić information content (AvgIpc) is 3.64. The number of imidazole rings is 1. The van der Waals surface area contributed by atoms with Crippen molar-refractivity contribution in [1.82, 2.24) is 19.5 Å². The van der Waals surface area contributed by atoms with Gasteiger partial charge in [-0.15, -0.1) is 3.98 Å². The Kier molecular flexibility index (Phi) is 7.17. The highest BCUT2D eigenvalue weighted by Gasteiger charge is 2.34. The molecule has 2 aromatic carbocycles. The van der Waals surface area contributed by atoms with Gasteiger partial charge in [-0.3, -0.25) is 4.57 Å². The summed E-state index contributed by atoms with van der Waals surface area (Å²) in [6, 6.07) is 24.5. The van der Waals surface area contributed by atoms with E-state index in [0.717, 1.165) is 83.7 Å². The Morgan fingerprint density at radius 1 is 1.00 bits per heavy atom. The van der Waals surface area contributed by atoms with Crippen molar-refractivity contribution in [1.29, 1.82) is 0 Å². The molecule has 1 unspecified atom stereocenters. The van der Waals surface area contributed by atoms with E-state index < -0.39 is 10.0 Å². The lowest BCUT2D eigenvalue weighted by atomic mass is 9.73. The van der Waals surface area contributed by atoms with Gasteiger partial charge in [0.1, 0.15) is 11.3 Å². The monoisotopic (exact) mass is 621 g/mol. The first kappa shape index (κ1) is 29.1. The molecule has 45 heavy (non-hydrogen) atoms. The zero-order valence-corrected chi connectivity index (χ0v) is 26.3. The number of hydrogen-bond acceptors (Lipinski definition) is 8. The smallest absolute Gasteiger partial charge is 0.361 e. The van der Waals surface area contributed by atoms with Crippen molar-refractivity contribution >= 4 is 38.9 Å². The molecule has 1 aliphatic carbocycles.